The Bertz CT molecular complexity index is 1340. The van der Waals surface area contributed by atoms with Crippen LogP contribution >= 0.6 is 11.6 Å². The highest BCUT2D eigenvalue weighted by molar-refractivity contribution is 6.30. The van der Waals surface area contributed by atoms with Gasteiger partial charge in [-0.2, -0.15) is 0 Å². The molecule has 0 amide bonds. The number of benzene rings is 1. The largest absolute Gasteiger partial charge is 0.479 e. The molecular formula is C24H23ClN2O8. The number of carboxylic acid groups (broad SMARTS) is 1. The van der Waals surface area contributed by atoms with Crippen LogP contribution < -0.4 is 5.43 Å². The van der Waals surface area contributed by atoms with Crippen LogP contribution in [0.4, 0.5) is 0 Å². The van der Waals surface area contributed by atoms with Gasteiger partial charge in [0.15, 0.2) is 17.8 Å². The summed E-state index contributed by atoms with van der Waals surface area (Å²) in [7, 11) is 0. The van der Waals surface area contributed by atoms with Gasteiger partial charge in [0.2, 0.25) is 0 Å². The second-order valence-corrected chi connectivity index (χ2v) is 9.07. The minimum Gasteiger partial charge on any atom is -0.479 e. The number of carboxylic acids is 1. The molecule has 4 N–H and O–H groups in total. The van der Waals surface area contributed by atoms with Crippen LogP contribution in [0.15, 0.2) is 47.4 Å². The molecule has 1 aliphatic heterocycles. The van der Waals surface area contributed by atoms with Crippen LogP contribution in [-0.4, -0.2) is 66.7 Å². The number of ether oxygens (including phenoxy) is 2. The molecule has 3 aromatic rings. The molecule has 1 unspecified atom stereocenters. The van der Waals surface area contributed by atoms with Crippen molar-refractivity contribution in [1.29, 1.82) is 0 Å². The van der Waals surface area contributed by atoms with Crippen molar-refractivity contribution in [2.45, 2.75) is 56.1 Å². The summed E-state index contributed by atoms with van der Waals surface area (Å²) in [6.45, 7) is 0. The number of aliphatic hydroxyl groups is 3. The number of hydrogen-bond acceptors (Lipinski definition) is 8. The lowest BCUT2D eigenvalue weighted by atomic mass is 9.90. The Kier molecular flexibility index (Phi) is 6.34. The number of hydrogen-bond donors (Lipinski definition) is 4. The van der Waals surface area contributed by atoms with Gasteiger partial charge in [0.05, 0.1) is 11.5 Å². The third-order valence-corrected chi connectivity index (χ3v) is 6.68. The first kappa shape index (κ1) is 23.9. The third kappa shape index (κ3) is 4.12. The smallest absolute Gasteiger partial charge is 0.335 e. The average molecular weight is 503 g/mol. The van der Waals surface area contributed by atoms with E-state index in [2.05, 4.69) is 4.98 Å². The quantitative estimate of drug-likeness (QED) is 0.414. The zero-order valence-corrected chi connectivity index (χ0v) is 19.1. The van der Waals surface area contributed by atoms with E-state index in [1.807, 2.05) is 10.6 Å². The van der Waals surface area contributed by atoms with Crippen LogP contribution in [0.5, 0.6) is 0 Å². The molecule has 5 rings (SSSR count). The van der Waals surface area contributed by atoms with E-state index in [0.29, 0.717) is 52.3 Å². The van der Waals surface area contributed by atoms with E-state index >= 15 is 0 Å². The van der Waals surface area contributed by atoms with Gasteiger partial charge in [-0.1, -0.05) is 17.7 Å². The summed E-state index contributed by atoms with van der Waals surface area (Å²) in [4.78, 5) is 29.5. The Morgan fingerprint density at radius 3 is 2.69 bits per heavy atom. The van der Waals surface area contributed by atoms with Crippen molar-refractivity contribution in [3.63, 3.8) is 0 Å². The highest BCUT2D eigenvalue weighted by Crippen LogP contribution is 2.36. The first-order valence-electron chi connectivity index (χ1n) is 11.1. The molecule has 11 heteroatoms. The number of rotatable bonds is 4. The molecule has 2 aromatic heterocycles. The van der Waals surface area contributed by atoms with Crippen molar-refractivity contribution < 1.29 is 34.7 Å². The fourth-order valence-electron chi connectivity index (χ4n) is 4.81. The fourth-order valence-corrected chi connectivity index (χ4v) is 4.99. The lowest BCUT2D eigenvalue weighted by Crippen LogP contribution is -2.60. The van der Waals surface area contributed by atoms with Crippen LogP contribution in [0.3, 0.4) is 0 Å². The average Bonchev–Trinajstić information content (AvgIpc) is 2.84. The maximum Gasteiger partial charge on any atom is 0.335 e. The van der Waals surface area contributed by atoms with E-state index < -0.39 is 42.8 Å². The minimum atomic E-state index is -1.84. The highest BCUT2D eigenvalue weighted by atomic mass is 35.5. The normalized spacial score (nSPS) is 28.6. The van der Waals surface area contributed by atoms with Gasteiger partial charge in [-0.3, -0.25) is 9.36 Å². The summed E-state index contributed by atoms with van der Waals surface area (Å²) in [5.41, 5.74) is 1.85. The van der Waals surface area contributed by atoms with Crippen LogP contribution in [0.2, 0.25) is 5.02 Å². The predicted octanol–water partition coefficient (Wildman–Crippen LogP) is 1.33. The first-order valence-corrected chi connectivity index (χ1v) is 11.5. The second kappa shape index (κ2) is 9.30. The Morgan fingerprint density at radius 1 is 1.14 bits per heavy atom. The monoisotopic (exact) mass is 502 g/mol. The van der Waals surface area contributed by atoms with Gasteiger partial charge in [0, 0.05) is 28.2 Å². The number of aromatic nitrogens is 2. The van der Waals surface area contributed by atoms with Crippen molar-refractivity contribution in [1.82, 2.24) is 9.55 Å². The zero-order chi connectivity index (χ0) is 24.9. The van der Waals surface area contributed by atoms with Gasteiger partial charge in [-0.05, 0) is 49.6 Å². The molecule has 3 heterocycles. The Balaban J connectivity index is 1.63. The molecule has 1 saturated heterocycles. The van der Waals surface area contributed by atoms with Crippen molar-refractivity contribution in [2.24, 2.45) is 0 Å². The first-order chi connectivity index (χ1) is 16.8. The number of aliphatic carboxylic acids is 1. The van der Waals surface area contributed by atoms with Crippen LogP contribution in [0.25, 0.3) is 16.7 Å². The van der Waals surface area contributed by atoms with Crippen LogP contribution in [0, 0.1) is 0 Å². The number of halogens is 1. The van der Waals surface area contributed by atoms with E-state index in [0.717, 1.165) is 0 Å². The zero-order valence-electron chi connectivity index (χ0n) is 18.3. The van der Waals surface area contributed by atoms with Crippen molar-refractivity contribution in [3.05, 3.63) is 69.1 Å². The Morgan fingerprint density at radius 2 is 1.94 bits per heavy atom. The van der Waals surface area contributed by atoms with Crippen LogP contribution in [-0.2, 0) is 20.7 Å². The summed E-state index contributed by atoms with van der Waals surface area (Å²) in [5.74, 6) is -1.51. The molecule has 0 radical (unpaired) electrons. The van der Waals surface area contributed by atoms with E-state index in [1.165, 1.54) is 0 Å². The van der Waals surface area contributed by atoms with E-state index in [9.17, 15) is 30.0 Å². The second-order valence-electron chi connectivity index (χ2n) is 8.63. The number of pyridine rings is 2. The molecule has 0 spiro atoms. The number of fused-ring (bicyclic) bond motifs is 2. The van der Waals surface area contributed by atoms with E-state index in [-0.39, 0.29) is 5.43 Å². The number of carbonyl (C=O) groups is 1. The SMILES string of the molecule is O=C(O)[C@H]1O[C@@H](OC2CCCc3c2c(=O)c2cccnc2n3-c2cccc(Cl)c2)[C@H](O)[C@@H](O)[C@@H]1O. The lowest BCUT2D eigenvalue weighted by molar-refractivity contribution is -0.306. The van der Waals surface area contributed by atoms with Crippen molar-refractivity contribution in [2.75, 3.05) is 0 Å². The van der Waals surface area contributed by atoms with Gasteiger partial charge < -0.3 is 29.9 Å². The third-order valence-electron chi connectivity index (χ3n) is 6.45. The number of aliphatic hydroxyl groups excluding tert-OH is 3. The molecule has 10 nitrogen and oxygen atoms in total. The Labute approximate surface area is 203 Å². The molecule has 0 saturated carbocycles. The van der Waals surface area contributed by atoms with Crippen molar-refractivity contribution >= 4 is 28.6 Å². The number of nitrogens with zero attached hydrogens (tertiary/aromatic N) is 2. The summed E-state index contributed by atoms with van der Waals surface area (Å²) < 4.78 is 13.1. The predicted molar refractivity (Wildman–Crippen MR) is 123 cm³/mol. The molecular weight excluding hydrogens is 480 g/mol. The maximum atomic E-state index is 13.6. The van der Waals surface area contributed by atoms with Gasteiger partial charge in [0.1, 0.15) is 24.0 Å². The van der Waals surface area contributed by atoms with Gasteiger partial charge >= 0.3 is 5.97 Å². The summed E-state index contributed by atoms with van der Waals surface area (Å²) in [6, 6.07) is 10.4. The van der Waals surface area contributed by atoms with Crippen molar-refractivity contribution in [3.8, 4) is 5.69 Å². The molecule has 1 fully saturated rings. The minimum absolute atomic E-state index is 0.299. The molecule has 0 bridgehead atoms. The summed E-state index contributed by atoms with van der Waals surface area (Å²) in [5, 5.41) is 40.8. The summed E-state index contributed by atoms with van der Waals surface area (Å²) in [6.07, 6.45) is -6.45. The molecule has 35 heavy (non-hydrogen) atoms. The maximum absolute atomic E-state index is 13.6. The van der Waals surface area contributed by atoms with Gasteiger partial charge in [-0.25, -0.2) is 9.78 Å². The Hall–Kier alpha value is -2.86. The lowest BCUT2D eigenvalue weighted by Gasteiger charge is -2.40. The standard InChI is InChI=1S/C24H23ClN2O8/c25-11-4-1-5-12(10-11)27-14-7-2-8-15(16(14)17(28)13-6-3-9-26-22(13)27)34-24-20(31)18(29)19(30)21(35-24)23(32)33/h1,3-6,9-10,15,18-21,24,29-31H,2,7-8H2,(H,32,33)/t15?,18-,19-,20+,21-,24+/m0/s1. The molecule has 6 atom stereocenters. The van der Waals surface area contributed by atoms with E-state index in [1.54, 1.807) is 36.5 Å². The van der Waals surface area contributed by atoms with Gasteiger partial charge in [-0.15, -0.1) is 0 Å². The topological polar surface area (TPSA) is 151 Å². The summed E-state index contributed by atoms with van der Waals surface area (Å²) >= 11 is 6.24. The molecule has 184 valence electrons. The van der Waals surface area contributed by atoms with E-state index in [4.69, 9.17) is 21.1 Å². The molecule has 1 aromatic carbocycles. The molecule has 1 aliphatic carbocycles. The van der Waals surface area contributed by atoms with Crippen LogP contribution in [0.1, 0.15) is 30.2 Å². The van der Waals surface area contributed by atoms with Gasteiger partial charge in [0.25, 0.3) is 0 Å². The molecule has 2 aliphatic rings. The highest BCUT2D eigenvalue weighted by Gasteiger charge is 2.48. The fraction of sp³-hybridized carbons (Fsp3) is 0.375.